The fraction of sp³-hybridized carbons (Fsp3) is 0.562. The fourth-order valence-electron chi connectivity index (χ4n) is 4.01. The average Bonchev–Trinajstić information content (AvgIpc) is 3.05. The summed E-state index contributed by atoms with van der Waals surface area (Å²) in [5, 5.41) is 9.57. The summed E-state index contributed by atoms with van der Waals surface area (Å²) in [6.45, 7) is 1.66. The van der Waals surface area contributed by atoms with Crippen LogP contribution in [0.2, 0.25) is 0 Å². The molecule has 0 spiro atoms. The summed E-state index contributed by atoms with van der Waals surface area (Å²) in [6, 6.07) is 5.38. The van der Waals surface area contributed by atoms with Gasteiger partial charge in [0, 0.05) is 19.6 Å². The summed E-state index contributed by atoms with van der Waals surface area (Å²) in [6.07, 6.45) is 2.54. The highest BCUT2D eigenvalue weighted by Gasteiger charge is 2.54. The summed E-state index contributed by atoms with van der Waals surface area (Å²) < 4.78 is 47.9. The van der Waals surface area contributed by atoms with Crippen molar-refractivity contribution in [3.8, 4) is 0 Å². The normalized spacial score (nSPS) is 27.5. The van der Waals surface area contributed by atoms with Crippen LogP contribution in [0.5, 0.6) is 0 Å². The molecule has 1 saturated carbocycles. The zero-order valence-corrected chi connectivity index (χ0v) is 13.8. The van der Waals surface area contributed by atoms with E-state index in [2.05, 4.69) is 4.90 Å². The first-order valence-electron chi connectivity index (χ1n) is 7.82. The van der Waals surface area contributed by atoms with Gasteiger partial charge in [-0.2, -0.15) is 8.78 Å². The number of halogens is 2. The van der Waals surface area contributed by atoms with Crippen LogP contribution in [0.25, 0.3) is 0 Å². The summed E-state index contributed by atoms with van der Waals surface area (Å²) in [7, 11) is -4.58. The van der Waals surface area contributed by atoms with E-state index in [4.69, 9.17) is 0 Å². The number of carbonyl (C=O) groups is 1. The molecule has 0 bridgehead atoms. The maximum absolute atomic E-state index is 12.5. The predicted octanol–water partition coefficient (Wildman–Crippen LogP) is 2.37. The fourth-order valence-corrected chi connectivity index (χ4v) is 4.73. The van der Waals surface area contributed by atoms with Crippen molar-refractivity contribution in [3.05, 3.63) is 29.8 Å². The molecule has 1 aliphatic carbocycles. The number of hydrogen-bond donors (Lipinski definition) is 1. The minimum absolute atomic E-state index is 0.147. The van der Waals surface area contributed by atoms with Gasteiger partial charge in [0.15, 0.2) is 0 Å². The summed E-state index contributed by atoms with van der Waals surface area (Å²) in [4.78, 5) is 13.3. The van der Waals surface area contributed by atoms with Crippen LogP contribution < -0.4 is 0 Å². The van der Waals surface area contributed by atoms with Crippen molar-refractivity contribution in [2.75, 3.05) is 13.1 Å². The lowest BCUT2D eigenvalue weighted by Crippen LogP contribution is -2.35. The highest BCUT2D eigenvalue weighted by molar-refractivity contribution is 7.91. The van der Waals surface area contributed by atoms with E-state index >= 15 is 0 Å². The average molecular weight is 359 g/mol. The first-order valence-corrected chi connectivity index (χ1v) is 9.37. The van der Waals surface area contributed by atoms with Gasteiger partial charge in [0.05, 0.1) is 10.3 Å². The first kappa shape index (κ1) is 17.3. The van der Waals surface area contributed by atoms with Crippen molar-refractivity contribution < 1.29 is 27.1 Å². The monoisotopic (exact) mass is 359 g/mol. The number of nitrogens with zero attached hydrogens (tertiary/aromatic N) is 1. The Labute approximate surface area is 139 Å². The van der Waals surface area contributed by atoms with E-state index in [0.717, 1.165) is 18.4 Å². The third-order valence-electron chi connectivity index (χ3n) is 5.26. The Balaban J connectivity index is 1.71. The van der Waals surface area contributed by atoms with Gasteiger partial charge in [0.1, 0.15) is 0 Å². The molecule has 1 heterocycles. The topological polar surface area (TPSA) is 74.7 Å². The van der Waals surface area contributed by atoms with Gasteiger partial charge in [-0.25, -0.2) is 8.42 Å². The van der Waals surface area contributed by atoms with Crippen LogP contribution in [0.3, 0.4) is 0 Å². The Morgan fingerprint density at radius 2 is 2.00 bits per heavy atom. The number of alkyl halides is 2. The SMILES string of the molecule is O=C(O)[C@@]12CCC[C@H]1CN(Cc1ccc(S(=O)(=O)C(F)F)cc1)C2. The Morgan fingerprint density at radius 1 is 1.33 bits per heavy atom. The van der Waals surface area contributed by atoms with Gasteiger partial charge in [-0.15, -0.1) is 0 Å². The second-order valence-corrected chi connectivity index (χ2v) is 8.59. The molecule has 2 aliphatic rings. The zero-order chi connectivity index (χ0) is 17.5. The summed E-state index contributed by atoms with van der Waals surface area (Å²) in [5.41, 5.74) is 0.114. The van der Waals surface area contributed by atoms with E-state index in [1.165, 1.54) is 24.3 Å². The number of carboxylic acid groups (broad SMARTS) is 1. The van der Waals surface area contributed by atoms with Crippen molar-refractivity contribution in [2.24, 2.45) is 11.3 Å². The molecule has 1 N–H and O–H groups in total. The van der Waals surface area contributed by atoms with Crippen molar-refractivity contribution in [2.45, 2.75) is 36.5 Å². The second-order valence-electron chi connectivity index (χ2n) is 6.67. The smallest absolute Gasteiger partial charge is 0.341 e. The van der Waals surface area contributed by atoms with Gasteiger partial charge in [0.25, 0.3) is 0 Å². The van der Waals surface area contributed by atoms with Gasteiger partial charge in [-0.05, 0) is 36.5 Å². The molecule has 0 unspecified atom stereocenters. The largest absolute Gasteiger partial charge is 0.481 e. The van der Waals surface area contributed by atoms with Crippen molar-refractivity contribution >= 4 is 15.8 Å². The number of benzene rings is 1. The maximum atomic E-state index is 12.5. The van der Waals surface area contributed by atoms with E-state index < -0.39 is 31.9 Å². The van der Waals surface area contributed by atoms with Crippen molar-refractivity contribution in [1.29, 1.82) is 0 Å². The van der Waals surface area contributed by atoms with Crippen LogP contribution in [0.15, 0.2) is 29.2 Å². The molecule has 3 rings (SSSR count). The lowest BCUT2D eigenvalue weighted by Gasteiger charge is -2.23. The van der Waals surface area contributed by atoms with E-state index in [9.17, 15) is 27.1 Å². The summed E-state index contributed by atoms with van der Waals surface area (Å²) in [5.74, 6) is -4.03. The zero-order valence-electron chi connectivity index (χ0n) is 13.0. The van der Waals surface area contributed by atoms with Gasteiger partial charge in [-0.3, -0.25) is 9.69 Å². The third kappa shape index (κ3) is 2.82. The number of aliphatic carboxylic acids is 1. The van der Waals surface area contributed by atoms with E-state index in [0.29, 0.717) is 26.1 Å². The predicted molar refractivity (Wildman–Crippen MR) is 82.3 cm³/mol. The van der Waals surface area contributed by atoms with Gasteiger partial charge in [0.2, 0.25) is 9.84 Å². The molecule has 1 aromatic carbocycles. The van der Waals surface area contributed by atoms with Gasteiger partial charge in [-0.1, -0.05) is 18.6 Å². The van der Waals surface area contributed by atoms with Gasteiger partial charge < -0.3 is 5.11 Å². The molecule has 0 amide bonds. The Kier molecular flexibility index (Phi) is 4.37. The number of rotatable bonds is 5. The maximum Gasteiger partial charge on any atom is 0.341 e. The van der Waals surface area contributed by atoms with Crippen LogP contribution in [-0.4, -0.2) is 43.2 Å². The van der Waals surface area contributed by atoms with E-state index in [1.54, 1.807) is 0 Å². The first-order chi connectivity index (χ1) is 11.3. The number of sulfone groups is 1. The molecule has 1 saturated heterocycles. The second kappa shape index (κ2) is 6.07. The molecule has 132 valence electrons. The standard InChI is InChI=1S/C16H19F2NO4S/c17-15(18)24(22,23)13-5-3-11(4-6-13)8-19-9-12-2-1-7-16(12,10-19)14(20)21/h3-6,12,15H,1-2,7-10H2,(H,20,21)/t12-,16+/m0/s1. The molecule has 2 atom stereocenters. The van der Waals surface area contributed by atoms with Gasteiger partial charge >= 0.3 is 11.7 Å². The molecular weight excluding hydrogens is 340 g/mol. The number of carboxylic acids is 1. The molecule has 0 aromatic heterocycles. The molecule has 1 aromatic rings. The third-order valence-corrected chi connectivity index (χ3v) is 6.66. The minimum atomic E-state index is -4.58. The Hall–Kier alpha value is -1.54. The number of hydrogen-bond acceptors (Lipinski definition) is 4. The van der Waals surface area contributed by atoms with Crippen molar-refractivity contribution in [1.82, 2.24) is 4.90 Å². The Morgan fingerprint density at radius 3 is 2.54 bits per heavy atom. The van der Waals surface area contributed by atoms with Crippen molar-refractivity contribution in [3.63, 3.8) is 0 Å². The van der Waals surface area contributed by atoms with Crippen LogP contribution >= 0.6 is 0 Å². The molecule has 5 nitrogen and oxygen atoms in total. The van der Waals surface area contributed by atoms with Crippen LogP contribution in [-0.2, 0) is 21.2 Å². The number of likely N-dealkylation sites (tertiary alicyclic amines) is 1. The Bertz CT molecular complexity index is 735. The molecule has 1 aliphatic heterocycles. The highest BCUT2D eigenvalue weighted by Crippen LogP contribution is 2.49. The molecule has 24 heavy (non-hydrogen) atoms. The van der Waals surface area contributed by atoms with Crippen LogP contribution in [0, 0.1) is 11.3 Å². The molecule has 2 fully saturated rings. The molecule has 8 heteroatoms. The minimum Gasteiger partial charge on any atom is -0.481 e. The number of fused-ring (bicyclic) bond motifs is 1. The van der Waals surface area contributed by atoms with E-state index in [1.807, 2.05) is 0 Å². The van der Waals surface area contributed by atoms with Crippen LogP contribution in [0.4, 0.5) is 8.78 Å². The molecular formula is C16H19F2NO4S. The molecule has 0 radical (unpaired) electrons. The van der Waals surface area contributed by atoms with Crippen LogP contribution in [0.1, 0.15) is 24.8 Å². The van der Waals surface area contributed by atoms with E-state index in [-0.39, 0.29) is 5.92 Å². The lowest BCUT2D eigenvalue weighted by molar-refractivity contribution is -0.149. The highest BCUT2D eigenvalue weighted by atomic mass is 32.2. The quantitative estimate of drug-likeness (QED) is 0.874. The lowest BCUT2D eigenvalue weighted by atomic mass is 9.81. The summed E-state index contributed by atoms with van der Waals surface area (Å²) >= 11 is 0.